The van der Waals surface area contributed by atoms with Crippen LogP contribution >= 0.6 is 11.3 Å². The van der Waals surface area contributed by atoms with Gasteiger partial charge in [0.25, 0.3) is 5.91 Å². The van der Waals surface area contributed by atoms with E-state index in [1.165, 1.54) is 17.7 Å². The zero-order chi connectivity index (χ0) is 19.8. The van der Waals surface area contributed by atoms with Crippen molar-refractivity contribution in [3.05, 3.63) is 35.1 Å². The highest BCUT2D eigenvalue weighted by Gasteiger charge is 2.35. The zero-order valence-corrected chi connectivity index (χ0v) is 16.7. The van der Waals surface area contributed by atoms with Crippen molar-refractivity contribution >= 4 is 39.0 Å². The van der Waals surface area contributed by atoms with Crippen LogP contribution in [0.5, 0.6) is 5.88 Å². The van der Waals surface area contributed by atoms with E-state index < -0.39 is 0 Å². The second-order valence-corrected chi connectivity index (χ2v) is 8.08. The minimum Gasteiger partial charge on any atom is -0.473 e. The molecule has 146 valence electrons. The largest absolute Gasteiger partial charge is 0.473 e. The Labute approximate surface area is 166 Å². The van der Waals surface area contributed by atoms with E-state index >= 15 is 0 Å². The molecule has 0 aliphatic heterocycles. The Balaban J connectivity index is 1.68. The molecule has 2 atom stereocenters. The molecule has 4 N–H and O–H groups in total. The van der Waals surface area contributed by atoms with E-state index in [9.17, 15) is 4.79 Å². The maximum absolute atomic E-state index is 12.6. The average Bonchev–Trinajstić information content (AvgIpc) is 3.22. The van der Waals surface area contributed by atoms with E-state index in [1.54, 1.807) is 6.20 Å². The smallest absolute Gasteiger partial charge is 0.261 e. The highest BCUT2D eigenvalue weighted by atomic mass is 32.1. The number of ether oxygens (including phenoxy) is 1. The van der Waals surface area contributed by atoms with Crippen molar-refractivity contribution in [2.24, 2.45) is 5.73 Å². The van der Waals surface area contributed by atoms with Gasteiger partial charge < -0.3 is 21.1 Å². The predicted octanol–water partition coefficient (Wildman–Crippen LogP) is 2.75. The molecule has 0 radical (unpaired) electrons. The van der Waals surface area contributed by atoms with Crippen LogP contribution in [0.15, 0.2) is 24.7 Å². The van der Waals surface area contributed by atoms with Gasteiger partial charge in [0.1, 0.15) is 22.7 Å². The molecule has 8 nitrogen and oxygen atoms in total. The third kappa shape index (κ3) is 3.63. The van der Waals surface area contributed by atoms with Crippen LogP contribution in [-0.4, -0.2) is 39.0 Å². The minimum atomic E-state index is -0.116. The first-order chi connectivity index (χ1) is 13.4. The van der Waals surface area contributed by atoms with Gasteiger partial charge in [-0.3, -0.25) is 4.79 Å². The van der Waals surface area contributed by atoms with Gasteiger partial charge >= 0.3 is 0 Å². The number of aryl methyl sites for hydroxylation is 1. The molecule has 2 unspecified atom stereocenters. The van der Waals surface area contributed by atoms with Crippen molar-refractivity contribution in [3.8, 4) is 5.88 Å². The number of amides is 1. The number of fused-ring (bicyclic) bond motifs is 1. The molecule has 1 amide bonds. The number of nitrogens with one attached hydrogen (secondary N) is 2. The van der Waals surface area contributed by atoms with Crippen LogP contribution in [0.1, 0.15) is 35.5 Å². The third-order valence-electron chi connectivity index (χ3n) is 4.46. The topological polar surface area (TPSA) is 115 Å². The molecular weight excluding hydrogens is 376 g/mol. The number of hydrogen-bond acceptors (Lipinski definition) is 8. The lowest BCUT2D eigenvalue weighted by Gasteiger charge is -2.14. The van der Waals surface area contributed by atoms with Gasteiger partial charge in [0.2, 0.25) is 5.88 Å². The highest BCUT2D eigenvalue weighted by Crippen LogP contribution is 2.36. The van der Waals surface area contributed by atoms with Gasteiger partial charge in [-0.15, -0.1) is 11.3 Å². The van der Waals surface area contributed by atoms with E-state index in [-0.39, 0.29) is 24.1 Å². The first-order valence-corrected chi connectivity index (χ1v) is 9.95. The second kappa shape index (κ2) is 7.33. The molecule has 1 aliphatic carbocycles. The normalized spacial score (nSPS) is 18.3. The fourth-order valence-electron chi connectivity index (χ4n) is 2.93. The Bertz CT molecular complexity index is 1030. The summed E-state index contributed by atoms with van der Waals surface area (Å²) in [7, 11) is 0. The van der Waals surface area contributed by atoms with Gasteiger partial charge in [0, 0.05) is 18.3 Å². The van der Waals surface area contributed by atoms with Gasteiger partial charge in [0.15, 0.2) is 0 Å². The molecule has 1 aliphatic rings. The lowest BCUT2D eigenvalue weighted by atomic mass is 10.2. The molecule has 3 aromatic heterocycles. The molecule has 3 heterocycles. The van der Waals surface area contributed by atoms with Crippen LogP contribution in [0, 0.1) is 6.92 Å². The minimum absolute atomic E-state index is 0.00662. The lowest BCUT2D eigenvalue weighted by molar-refractivity contribution is 0.0954. The number of hydrogen-bond donors (Lipinski definition) is 3. The fourth-order valence-corrected chi connectivity index (χ4v) is 3.98. The van der Waals surface area contributed by atoms with E-state index in [0.29, 0.717) is 22.3 Å². The number of nitrogens with zero attached hydrogens (tertiary/aromatic N) is 3. The van der Waals surface area contributed by atoms with Crippen molar-refractivity contribution in [2.45, 2.75) is 45.4 Å². The van der Waals surface area contributed by atoms with Crippen molar-refractivity contribution in [3.63, 3.8) is 0 Å². The number of thiophene rings is 1. The molecule has 1 fully saturated rings. The molecule has 28 heavy (non-hydrogen) atoms. The maximum Gasteiger partial charge on any atom is 0.261 e. The van der Waals surface area contributed by atoms with Crippen LogP contribution in [0.25, 0.3) is 10.2 Å². The number of carbonyl (C=O) groups excluding carboxylic acids is 1. The van der Waals surface area contributed by atoms with Crippen molar-refractivity contribution in [1.29, 1.82) is 0 Å². The van der Waals surface area contributed by atoms with Crippen molar-refractivity contribution in [1.82, 2.24) is 20.3 Å². The molecule has 3 aromatic rings. The summed E-state index contributed by atoms with van der Waals surface area (Å²) in [4.78, 5) is 27.0. The predicted molar refractivity (Wildman–Crippen MR) is 109 cm³/mol. The van der Waals surface area contributed by atoms with Crippen LogP contribution in [0.2, 0.25) is 0 Å². The summed E-state index contributed by atoms with van der Waals surface area (Å²) >= 11 is 1.35. The van der Waals surface area contributed by atoms with Crippen molar-refractivity contribution < 1.29 is 9.53 Å². The van der Waals surface area contributed by atoms with Crippen molar-refractivity contribution in [2.75, 3.05) is 5.32 Å². The van der Waals surface area contributed by atoms with E-state index in [0.717, 1.165) is 22.2 Å². The Kier molecular flexibility index (Phi) is 4.86. The van der Waals surface area contributed by atoms with Gasteiger partial charge in [0.05, 0.1) is 16.4 Å². The van der Waals surface area contributed by atoms with Gasteiger partial charge in [-0.1, -0.05) is 0 Å². The molecular formula is C19H22N6O2S. The fraction of sp³-hybridized carbons (Fsp3) is 0.368. The first kappa shape index (κ1) is 18.6. The number of carbonyl (C=O) groups is 1. The molecule has 4 rings (SSSR count). The van der Waals surface area contributed by atoms with Crippen LogP contribution in [0.3, 0.4) is 0 Å². The standard InChI is InChI=1S/C19H22N6O2S/c1-9(2)27-18-12(5-4-6-21-18)24-16-14-10(3)15(28-19(14)23-8-22-16)17(26)25-13-7-11(13)20/h4-6,8-9,11,13H,7,20H2,1-3H3,(H,25,26)(H,22,23,24). The summed E-state index contributed by atoms with van der Waals surface area (Å²) in [6, 6.07) is 3.82. The van der Waals surface area contributed by atoms with Crippen LogP contribution < -0.4 is 21.1 Å². The Morgan fingerprint density at radius 1 is 1.36 bits per heavy atom. The molecule has 9 heteroatoms. The molecule has 0 aromatic carbocycles. The Hall–Kier alpha value is -2.78. The average molecular weight is 398 g/mol. The van der Waals surface area contributed by atoms with Crippen LogP contribution in [0.4, 0.5) is 11.5 Å². The summed E-state index contributed by atoms with van der Waals surface area (Å²) in [6.45, 7) is 5.80. The maximum atomic E-state index is 12.6. The first-order valence-electron chi connectivity index (χ1n) is 9.13. The summed E-state index contributed by atoms with van der Waals surface area (Å²) in [6.07, 6.45) is 3.98. The van der Waals surface area contributed by atoms with Gasteiger partial charge in [-0.2, -0.15) is 0 Å². The summed E-state index contributed by atoms with van der Waals surface area (Å²) < 4.78 is 5.77. The van der Waals surface area contributed by atoms with E-state index in [1.807, 2.05) is 32.9 Å². The van der Waals surface area contributed by atoms with E-state index in [4.69, 9.17) is 10.5 Å². The van der Waals surface area contributed by atoms with E-state index in [2.05, 4.69) is 25.6 Å². The quantitative estimate of drug-likeness (QED) is 0.585. The molecule has 1 saturated carbocycles. The number of anilines is 2. The Morgan fingerprint density at radius 2 is 2.14 bits per heavy atom. The molecule has 0 bridgehead atoms. The Morgan fingerprint density at radius 3 is 2.86 bits per heavy atom. The summed E-state index contributed by atoms with van der Waals surface area (Å²) in [5.74, 6) is 0.995. The number of pyridine rings is 1. The SMILES string of the molecule is Cc1c(C(=O)NC2CC2N)sc2ncnc(Nc3cccnc3OC(C)C)c12. The number of aromatic nitrogens is 3. The van der Waals surface area contributed by atoms with Gasteiger partial charge in [-0.05, 0) is 44.9 Å². The van der Waals surface area contributed by atoms with Gasteiger partial charge in [-0.25, -0.2) is 15.0 Å². The molecule has 0 spiro atoms. The second-order valence-electron chi connectivity index (χ2n) is 7.09. The monoisotopic (exact) mass is 398 g/mol. The summed E-state index contributed by atoms with van der Waals surface area (Å²) in [5.41, 5.74) is 7.35. The zero-order valence-electron chi connectivity index (χ0n) is 15.9. The summed E-state index contributed by atoms with van der Waals surface area (Å²) in [5, 5.41) is 7.08. The number of nitrogens with two attached hydrogens (primary N) is 1. The third-order valence-corrected chi connectivity index (χ3v) is 5.66. The highest BCUT2D eigenvalue weighted by molar-refractivity contribution is 7.20. The number of rotatable bonds is 6. The molecule has 0 saturated heterocycles. The van der Waals surface area contributed by atoms with Crippen LogP contribution in [-0.2, 0) is 0 Å². The lowest BCUT2D eigenvalue weighted by Crippen LogP contribution is -2.29.